The second kappa shape index (κ2) is 6.35. The first-order valence-electron chi connectivity index (χ1n) is 7.42. The van der Waals surface area contributed by atoms with Crippen molar-refractivity contribution in [2.75, 3.05) is 18.5 Å². The van der Waals surface area contributed by atoms with E-state index in [9.17, 15) is 9.90 Å². The van der Waals surface area contributed by atoms with Crippen molar-refractivity contribution in [3.8, 4) is 5.75 Å². The summed E-state index contributed by atoms with van der Waals surface area (Å²) in [6.07, 6.45) is 2.10. The smallest absolute Gasteiger partial charge is 0.319 e. The summed E-state index contributed by atoms with van der Waals surface area (Å²) in [5.41, 5.74) is 1.16. The zero-order chi connectivity index (χ0) is 15.5. The van der Waals surface area contributed by atoms with E-state index in [1.807, 2.05) is 39.0 Å². The Labute approximate surface area is 125 Å². The Hall–Kier alpha value is -1.75. The predicted octanol–water partition coefficient (Wildman–Crippen LogP) is 2.68. The molecule has 2 amide bonds. The monoisotopic (exact) mass is 292 g/mol. The van der Waals surface area contributed by atoms with Crippen LogP contribution in [0.4, 0.5) is 10.5 Å². The van der Waals surface area contributed by atoms with Crippen LogP contribution in [0.1, 0.15) is 32.3 Å². The molecule has 0 bridgehead atoms. The summed E-state index contributed by atoms with van der Waals surface area (Å²) in [5, 5.41) is 15.2. The van der Waals surface area contributed by atoms with Gasteiger partial charge >= 0.3 is 6.03 Å². The molecule has 0 aromatic heterocycles. The van der Waals surface area contributed by atoms with Gasteiger partial charge in [0.1, 0.15) is 5.75 Å². The highest BCUT2D eigenvalue weighted by atomic mass is 16.5. The van der Waals surface area contributed by atoms with Crippen LogP contribution in [-0.4, -0.2) is 29.9 Å². The maximum absolute atomic E-state index is 12.1. The Morgan fingerprint density at radius 1 is 1.48 bits per heavy atom. The number of aliphatic hydroxyl groups is 1. The standard InChI is InChI=1S/C16H24N2O3/c1-4-21-14-9-13(8-5-11(14)2)17-15(20)18-16(3,10-19)12-6-7-12/h5,8-9,12,19H,4,6-7,10H2,1-3H3,(H2,17,18,20). The van der Waals surface area contributed by atoms with E-state index in [0.29, 0.717) is 18.2 Å². The molecule has 0 heterocycles. The predicted molar refractivity (Wildman–Crippen MR) is 82.7 cm³/mol. The molecule has 1 aliphatic carbocycles. The summed E-state index contributed by atoms with van der Waals surface area (Å²) in [5.74, 6) is 1.13. The van der Waals surface area contributed by atoms with E-state index in [1.54, 1.807) is 0 Å². The number of aliphatic hydroxyl groups excluding tert-OH is 1. The quantitative estimate of drug-likeness (QED) is 0.755. The average molecular weight is 292 g/mol. The normalized spacial score (nSPS) is 17.0. The van der Waals surface area contributed by atoms with Gasteiger partial charge in [-0.05, 0) is 51.2 Å². The van der Waals surface area contributed by atoms with Gasteiger partial charge in [-0.15, -0.1) is 0 Å². The van der Waals surface area contributed by atoms with Crippen molar-refractivity contribution in [2.24, 2.45) is 5.92 Å². The van der Waals surface area contributed by atoms with E-state index in [0.717, 1.165) is 24.2 Å². The van der Waals surface area contributed by atoms with Gasteiger partial charge in [-0.3, -0.25) is 0 Å². The van der Waals surface area contributed by atoms with Gasteiger partial charge in [-0.25, -0.2) is 4.79 Å². The van der Waals surface area contributed by atoms with Crippen LogP contribution in [0, 0.1) is 12.8 Å². The van der Waals surface area contributed by atoms with Gasteiger partial charge in [0.15, 0.2) is 0 Å². The summed E-state index contributed by atoms with van der Waals surface area (Å²) < 4.78 is 5.52. The molecule has 1 aromatic rings. The van der Waals surface area contributed by atoms with Crippen LogP contribution in [0.3, 0.4) is 0 Å². The average Bonchev–Trinajstić information content (AvgIpc) is 3.27. The Balaban J connectivity index is 2.00. The SMILES string of the molecule is CCOc1cc(NC(=O)NC(C)(CO)C2CC2)ccc1C. The molecular weight excluding hydrogens is 268 g/mol. The Morgan fingerprint density at radius 2 is 2.19 bits per heavy atom. The molecule has 0 saturated heterocycles. The number of hydrogen-bond donors (Lipinski definition) is 3. The first kappa shape index (κ1) is 15.6. The largest absolute Gasteiger partial charge is 0.494 e. The summed E-state index contributed by atoms with van der Waals surface area (Å²) >= 11 is 0. The summed E-state index contributed by atoms with van der Waals surface area (Å²) in [7, 11) is 0. The molecule has 0 radical (unpaired) electrons. The first-order valence-corrected chi connectivity index (χ1v) is 7.42. The van der Waals surface area contributed by atoms with Crippen LogP contribution >= 0.6 is 0 Å². The third-order valence-corrected chi connectivity index (χ3v) is 3.95. The minimum absolute atomic E-state index is 0.0524. The summed E-state index contributed by atoms with van der Waals surface area (Å²) in [6, 6.07) is 5.26. The molecular formula is C16H24N2O3. The van der Waals surface area contributed by atoms with Crippen molar-refractivity contribution in [3.05, 3.63) is 23.8 Å². The number of hydrogen-bond acceptors (Lipinski definition) is 3. The minimum Gasteiger partial charge on any atom is -0.494 e. The molecule has 2 rings (SSSR count). The maximum Gasteiger partial charge on any atom is 0.319 e. The number of benzene rings is 1. The number of aryl methyl sites for hydroxylation is 1. The van der Waals surface area contributed by atoms with Gasteiger partial charge in [0, 0.05) is 11.8 Å². The van der Waals surface area contributed by atoms with E-state index in [-0.39, 0.29) is 12.6 Å². The molecule has 3 N–H and O–H groups in total. The number of nitrogens with one attached hydrogen (secondary N) is 2. The van der Waals surface area contributed by atoms with Crippen molar-refractivity contribution in [1.82, 2.24) is 5.32 Å². The van der Waals surface area contributed by atoms with Gasteiger partial charge in [0.2, 0.25) is 0 Å². The van der Waals surface area contributed by atoms with Crippen LogP contribution in [0.2, 0.25) is 0 Å². The number of rotatable bonds is 6. The number of urea groups is 1. The first-order chi connectivity index (χ1) is 9.98. The number of ether oxygens (including phenoxy) is 1. The lowest BCUT2D eigenvalue weighted by molar-refractivity contribution is 0.159. The number of carbonyl (C=O) groups is 1. The molecule has 0 spiro atoms. The van der Waals surface area contributed by atoms with Gasteiger partial charge in [0.25, 0.3) is 0 Å². The van der Waals surface area contributed by atoms with E-state index < -0.39 is 5.54 Å². The molecule has 1 atom stereocenters. The van der Waals surface area contributed by atoms with Crippen molar-refractivity contribution in [2.45, 2.75) is 39.2 Å². The van der Waals surface area contributed by atoms with Crippen molar-refractivity contribution in [1.29, 1.82) is 0 Å². The van der Waals surface area contributed by atoms with Crippen LogP contribution < -0.4 is 15.4 Å². The molecule has 116 valence electrons. The number of amides is 2. The number of carbonyl (C=O) groups excluding carboxylic acids is 1. The highest BCUT2D eigenvalue weighted by molar-refractivity contribution is 5.90. The Bertz CT molecular complexity index is 514. The van der Waals surface area contributed by atoms with Crippen LogP contribution in [0.25, 0.3) is 0 Å². The fourth-order valence-corrected chi connectivity index (χ4v) is 2.40. The summed E-state index contributed by atoms with van der Waals surface area (Å²) in [4.78, 5) is 12.1. The van der Waals surface area contributed by atoms with Crippen LogP contribution in [0.15, 0.2) is 18.2 Å². The zero-order valence-electron chi connectivity index (χ0n) is 12.9. The maximum atomic E-state index is 12.1. The van der Waals surface area contributed by atoms with Gasteiger partial charge in [-0.2, -0.15) is 0 Å². The Morgan fingerprint density at radius 3 is 2.76 bits per heavy atom. The highest BCUT2D eigenvalue weighted by Crippen LogP contribution is 2.39. The van der Waals surface area contributed by atoms with Crippen molar-refractivity contribution in [3.63, 3.8) is 0 Å². The molecule has 1 fully saturated rings. The molecule has 5 heteroatoms. The molecule has 5 nitrogen and oxygen atoms in total. The molecule has 21 heavy (non-hydrogen) atoms. The lowest BCUT2D eigenvalue weighted by Gasteiger charge is -2.28. The fraction of sp³-hybridized carbons (Fsp3) is 0.562. The third-order valence-electron chi connectivity index (χ3n) is 3.95. The van der Waals surface area contributed by atoms with Gasteiger partial charge in [0.05, 0.1) is 18.8 Å². The van der Waals surface area contributed by atoms with Crippen LogP contribution in [0.5, 0.6) is 5.75 Å². The second-order valence-corrected chi connectivity index (χ2v) is 5.84. The molecule has 0 aliphatic heterocycles. The van der Waals surface area contributed by atoms with Crippen molar-refractivity contribution < 1.29 is 14.6 Å². The van der Waals surface area contributed by atoms with E-state index in [1.165, 1.54) is 0 Å². The van der Waals surface area contributed by atoms with E-state index in [2.05, 4.69) is 10.6 Å². The van der Waals surface area contributed by atoms with Crippen molar-refractivity contribution >= 4 is 11.7 Å². The van der Waals surface area contributed by atoms with E-state index in [4.69, 9.17) is 4.74 Å². The number of anilines is 1. The van der Waals surface area contributed by atoms with Gasteiger partial charge < -0.3 is 20.5 Å². The molecule has 1 saturated carbocycles. The second-order valence-electron chi connectivity index (χ2n) is 5.84. The highest BCUT2D eigenvalue weighted by Gasteiger charge is 2.42. The lowest BCUT2D eigenvalue weighted by atomic mass is 9.97. The lowest BCUT2D eigenvalue weighted by Crippen LogP contribution is -2.52. The van der Waals surface area contributed by atoms with Crippen LogP contribution in [-0.2, 0) is 0 Å². The van der Waals surface area contributed by atoms with E-state index >= 15 is 0 Å². The molecule has 1 unspecified atom stereocenters. The van der Waals surface area contributed by atoms with Gasteiger partial charge in [-0.1, -0.05) is 6.07 Å². The topological polar surface area (TPSA) is 70.6 Å². The minimum atomic E-state index is -0.544. The summed E-state index contributed by atoms with van der Waals surface area (Å²) in [6.45, 7) is 6.30. The molecule has 1 aromatic carbocycles. The fourth-order valence-electron chi connectivity index (χ4n) is 2.40. The zero-order valence-corrected chi connectivity index (χ0v) is 12.9. The third kappa shape index (κ3) is 3.88. The Kier molecular flexibility index (Phi) is 4.73. The molecule has 1 aliphatic rings.